The summed E-state index contributed by atoms with van der Waals surface area (Å²) in [6.07, 6.45) is 1.86. The van der Waals surface area contributed by atoms with E-state index in [-0.39, 0.29) is 0 Å². The number of piperazine rings is 1. The zero-order valence-electron chi connectivity index (χ0n) is 11.8. The monoisotopic (exact) mass is 326 g/mol. The Hall–Kier alpha value is -0.650. The minimum absolute atomic E-state index is 0.536. The topological polar surface area (TPSA) is 45.4 Å². The molecule has 2 heterocycles. The summed E-state index contributed by atoms with van der Waals surface area (Å²) in [7, 11) is 0. The van der Waals surface area contributed by atoms with Crippen molar-refractivity contribution in [3.8, 4) is 0 Å². The van der Waals surface area contributed by atoms with Gasteiger partial charge in [0.25, 0.3) is 0 Å². The second-order valence-corrected chi connectivity index (χ2v) is 6.44. The van der Waals surface area contributed by atoms with Gasteiger partial charge in [0.2, 0.25) is 0 Å². The maximum Gasteiger partial charge on any atom is 0.133 e. The minimum Gasteiger partial charge on any atom is -0.354 e. The molecule has 4 nitrogen and oxygen atoms in total. The van der Waals surface area contributed by atoms with Gasteiger partial charge in [-0.05, 0) is 27.9 Å². The maximum absolute atomic E-state index is 5.82. The zero-order valence-corrected chi connectivity index (χ0v) is 13.4. The predicted molar refractivity (Wildman–Crippen MR) is 83.3 cm³/mol. The summed E-state index contributed by atoms with van der Waals surface area (Å²) in [5.41, 5.74) is 6.94. The van der Waals surface area contributed by atoms with E-state index in [9.17, 15) is 0 Å². The Balaban J connectivity index is 2.01. The molecule has 1 aliphatic heterocycles. The van der Waals surface area contributed by atoms with Crippen LogP contribution in [0.25, 0.3) is 0 Å². The minimum atomic E-state index is 0.536. The molecule has 1 saturated heterocycles. The first kappa shape index (κ1) is 14.8. The highest BCUT2D eigenvalue weighted by molar-refractivity contribution is 9.10. The summed E-state index contributed by atoms with van der Waals surface area (Å²) in [4.78, 5) is 9.42. The van der Waals surface area contributed by atoms with Crippen molar-refractivity contribution in [2.24, 2.45) is 11.7 Å². The van der Waals surface area contributed by atoms with Crippen LogP contribution in [0.15, 0.2) is 16.7 Å². The van der Waals surface area contributed by atoms with Gasteiger partial charge in [0.15, 0.2) is 0 Å². The van der Waals surface area contributed by atoms with Crippen LogP contribution >= 0.6 is 15.9 Å². The number of rotatable bonds is 4. The number of anilines is 1. The van der Waals surface area contributed by atoms with Crippen LogP contribution in [-0.4, -0.2) is 42.6 Å². The van der Waals surface area contributed by atoms with E-state index in [1.54, 1.807) is 0 Å². The SMILES string of the molecule is CC(C)CN1CCN(c2ncc(Br)cc2CN)CC1. The molecule has 0 aliphatic carbocycles. The summed E-state index contributed by atoms with van der Waals surface area (Å²) < 4.78 is 0.996. The molecule has 0 amide bonds. The molecule has 1 aromatic rings. The number of pyridine rings is 1. The lowest BCUT2D eigenvalue weighted by Gasteiger charge is -2.36. The average molecular weight is 327 g/mol. The van der Waals surface area contributed by atoms with Crippen LogP contribution in [0.5, 0.6) is 0 Å². The van der Waals surface area contributed by atoms with Gasteiger partial charge in [0, 0.05) is 55.5 Å². The third-order valence-corrected chi connectivity index (χ3v) is 3.86. The molecular formula is C14H23BrN4. The second-order valence-electron chi connectivity index (χ2n) is 5.52. The van der Waals surface area contributed by atoms with Gasteiger partial charge in [0.1, 0.15) is 5.82 Å². The van der Waals surface area contributed by atoms with Crippen molar-refractivity contribution in [2.75, 3.05) is 37.6 Å². The number of nitrogens with zero attached hydrogens (tertiary/aromatic N) is 3. The highest BCUT2D eigenvalue weighted by Gasteiger charge is 2.20. The van der Waals surface area contributed by atoms with E-state index in [1.807, 2.05) is 6.20 Å². The molecule has 2 rings (SSSR count). The molecule has 1 aromatic heterocycles. The number of halogens is 1. The van der Waals surface area contributed by atoms with E-state index in [1.165, 1.54) is 6.54 Å². The zero-order chi connectivity index (χ0) is 13.8. The molecule has 0 saturated carbocycles. The fraction of sp³-hybridized carbons (Fsp3) is 0.643. The number of hydrogen-bond donors (Lipinski definition) is 1. The van der Waals surface area contributed by atoms with Crippen LogP contribution in [0.4, 0.5) is 5.82 Å². The fourth-order valence-corrected chi connectivity index (χ4v) is 2.95. The smallest absolute Gasteiger partial charge is 0.133 e. The van der Waals surface area contributed by atoms with Gasteiger partial charge in [-0.3, -0.25) is 4.90 Å². The molecule has 106 valence electrons. The van der Waals surface area contributed by atoms with Crippen LogP contribution < -0.4 is 10.6 Å². The van der Waals surface area contributed by atoms with E-state index in [0.717, 1.165) is 48.0 Å². The molecule has 19 heavy (non-hydrogen) atoms. The van der Waals surface area contributed by atoms with E-state index < -0.39 is 0 Å². The van der Waals surface area contributed by atoms with E-state index in [0.29, 0.717) is 6.54 Å². The van der Waals surface area contributed by atoms with Crippen LogP contribution in [0.1, 0.15) is 19.4 Å². The van der Waals surface area contributed by atoms with Crippen molar-refractivity contribution < 1.29 is 0 Å². The molecule has 0 bridgehead atoms. The normalized spacial score (nSPS) is 17.2. The second kappa shape index (κ2) is 6.68. The summed E-state index contributed by atoms with van der Waals surface area (Å²) in [5.74, 6) is 1.78. The van der Waals surface area contributed by atoms with Crippen LogP contribution in [0.3, 0.4) is 0 Å². The lowest BCUT2D eigenvalue weighted by atomic mass is 10.1. The standard InChI is InChI=1S/C14H23BrN4/c1-11(2)10-18-3-5-19(6-4-18)14-12(8-16)7-13(15)9-17-14/h7,9,11H,3-6,8,10,16H2,1-2H3. The summed E-state index contributed by atoms with van der Waals surface area (Å²) in [6, 6.07) is 2.07. The highest BCUT2D eigenvalue weighted by Crippen LogP contribution is 2.22. The Bertz CT molecular complexity index is 414. The number of nitrogens with two attached hydrogens (primary N) is 1. The van der Waals surface area contributed by atoms with Crippen LogP contribution in [0, 0.1) is 5.92 Å². The summed E-state index contributed by atoms with van der Waals surface area (Å²) in [6.45, 7) is 10.6. The van der Waals surface area contributed by atoms with Crippen molar-refractivity contribution in [3.63, 3.8) is 0 Å². The van der Waals surface area contributed by atoms with Crippen molar-refractivity contribution in [3.05, 3.63) is 22.3 Å². The summed E-state index contributed by atoms with van der Waals surface area (Å²) in [5, 5.41) is 0. The molecule has 0 atom stereocenters. The Morgan fingerprint density at radius 3 is 2.58 bits per heavy atom. The van der Waals surface area contributed by atoms with Gasteiger partial charge in [-0.25, -0.2) is 4.98 Å². The molecule has 1 aliphatic rings. The molecule has 2 N–H and O–H groups in total. The quantitative estimate of drug-likeness (QED) is 0.920. The molecular weight excluding hydrogens is 304 g/mol. The Kier molecular flexibility index (Phi) is 5.19. The third kappa shape index (κ3) is 3.91. The van der Waals surface area contributed by atoms with Crippen molar-refractivity contribution in [1.82, 2.24) is 9.88 Å². The Labute approximate surface area is 124 Å². The average Bonchev–Trinajstić information content (AvgIpc) is 2.39. The maximum atomic E-state index is 5.82. The van der Waals surface area contributed by atoms with Crippen molar-refractivity contribution in [1.29, 1.82) is 0 Å². The predicted octanol–water partition coefficient (Wildman–Crippen LogP) is 2.08. The van der Waals surface area contributed by atoms with E-state index in [4.69, 9.17) is 5.73 Å². The Morgan fingerprint density at radius 1 is 1.32 bits per heavy atom. The van der Waals surface area contributed by atoms with Gasteiger partial charge < -0.3 is 10.6 Å². The van der Waals surface area contributed by atoms with Gasteiger partial charge in [-0.15, -0.1) is 0 Å². The first-order valence-electron chi connectivity index (χ1n) is 6.92. The van der Waals surface area contributed by atoms with Gasteiger partial charge in [0.05, 0.1) is 0 Å². The van der Waals surface area contributed by atoms with Crippen LogP contribution in [0.2, 0.25) is 0 Å². The van der Waals surface area contributed by atoms with Gasteiger partial charge in [-0.2, -0.15) is 0 Å². The molecule has 0 unspecified atom stereocenters. The van der Waals surface area contributed by atoms with Crippen LogP contribution in [-0.2, 0) is 6.54 Å². The lowest BCUT2D eigenvalue weighted by molar-refractivity contribution is 0.231. The molecule has 0 radical (unpaired) electrons. The highest BCUT2D eigenvalue weighted by atomic mass is 79.9. The summed E-state index contributed by atoms with van der Waals surface area (Å²) >= 11 is 3.45. The molecule has 5 heteroatoms. The third-order valence-electron chi connectivity index (χ3n) is 3.42. The Morgan fingerprint density at radius 2 is 2.00 bits per heavy atom. The molecule has 0 spiro atoms. The first-order chi connectivity index (χ1) is 9.10. The molecule has 1 fully saturated rings. The number of hydrogen-bond acceptors (Lipinski definition) is 4. The molecule has 0 aromatic carbocycles. The lowest BCUT2D eigenvalue weighted by Crippen LogP contribution is -2.48. The van der Waals surface area contributed by atoms with Crippen molar-refractivity contribution in [2.45, 2.75) is 20.4 Å². The van der Waals surface area contributed by atoms with E-state index in [2.05, 4.69) is 50.6 Å². The van der Waals surface area contributed by atoms with Crippen molar-refractivity contribution >= 4 is 21.7 Å². The fourth-order valence-electron chi connectivity index (χ4n) is 2.57. The van der Waals surface area contributed by atoms with E-state index >= 15 is 0 Å². The largest absolute Gasteiger partial charge is 0.354 e. The first-order valence-corrected chi connectivity index (χ1v) is 7.71. The number of aromatic nitrogens is 1. The van der Waals surface area contributed by atoms with Gasteiger partial charge in [-0.1, -0.05) is 13.8 Å². The van der Waals surface area contributed by atoms with Gasteiger partial charge >= 0.3 is 0 Å².